The first-order valence-corrected chi connectivity index (χ1v) is 6.30. The fourth-order valence-electron chi connectivity index (χ4n) is 1.67. The van der Waals surface area contributed by atoms with Gasteiger partial charge in [0.2, 0.25) is 0 Å². The molecule has 2 rings (SSSR count). The van der Waals surface area contributed by atoms with Gasteiger partial charge in [-0.2, -0.15) is 5.10 Å². The molecule has 0 saturated carbocycles. The van der Waals surface area contributed by atoms with Crippen LogP contribution in [-0.2, 0) is 6.42 Å². The van der Waals surface area contributed by atoms with Gasteiger partial charge in [-0.1, -0.05) is 22.0 Å². The van der Waals surface area contributed by atoms with Crippen molar-refractivity contribution in [2.75, 3.05) is 6.54 Å². The van der Waals surface area contributed by atoms with Gasteiger partial charge < -0.3 is 5.73 Å². The number of nitrogens with two attached hydrogens (primary N) is 1. The van der Waals surface area contributed by atoms with Crippen molar-refractivity contribution in [1.29, 1.82) is 0 Å². The average molecular weight is 295 g/mol. The van der Waals surface area contributed by atoms with Crippen LogP contribution in [0.15, 0.2) is 22.7 Å². The number of nitrogens with zero attached hydrogens (tertiary/aromatic N) is 3. The molecular weight excluding hydrogens is 280 g/mol. The second-order valence-electron chi connectivity index (χ2n) is 3.96. The molecule has 2 N–H and O–H groups in total. The number of aryl methyl sites for hydroxylation is 2. The van der Waals surface area contributed by atoms with E-state index in [0.717, 1.165) is 28.2 Å². The number of hydrogen-bond donors (Lipinski definition) is 1. The van der Waals surface area contributed by atoms with Crippen LogP contribution in [0.4, 0.5) is 0 Å². The third-order valence-corrected chi connectivity index (χ3v) is 3.40. The van der Waals surface area contributed by atoms with Gasteiger partial charge in [-0.15, -0.1) is 0 Å². The fourth-order valence-corrected chi connectivity index (χ4v) is 2.04. The number of benzene rings is 1. The van der Waals surface area contributed by atoms with Crippen LogP contribution in [0.1, 0.15) is 17.2 Å². The van der Waals surface area contributed by atoms with Gasteiger partial charge in [0.05, 0.1) is 5.69 Å². The van der Waals surface area contributed by atoms with E-state index >= 15 is 0 Å². The molecule has 0 spiro atoms. The first-order valence-electron chi connectivity index (χ1n) is 5.51. The van der Waals surface area contributed by atoms with Crippen molar-refractivity contribution >= 4 is 15.9 Å². The molecule has 0 bridgehead atoms. The maximum Gasteiger partial charge on any atom is 0.148 e. The quantitative estimate of drug-likeness (QED) is 0.944. The standard InChI is InChI=1S/C12H15BrN4/c1-8-3-4-10(7-11(8)13)17-12(5-6-14)15-9(2)16-17/h3-4,7H,5-6,14H2,1-2H3. The Morgan fingerprint density at radius 3 is 2.76 bits per heavy atom. The summed E-state index contributed by atoms with van der Waals surface area (Å²) in [6.45, 7) is 4.52. The summed E-state index contributed by atoms with van der Waals surface area (Å²) in [6, 6.07) is 6.14. The van der Waals surface area contributed by atoms with E-state index in [0.29, 0.717) is 6.54 Å². The molecule has 0 unspecified atom stereocenters. The molecule has 17 heavy (non-hydrogen) atoms. The summed E-state index contributed by atoms with van der Waals surface area (Å²) in [5.74, 6) is 1.67. The molecule has 2 aromatic rings. The summed E-state index contributed by atoms with van der Waals surface area (Å²) < 4.78 is 2.92. The van der Waals surface area contributed by atoms with E-state index in [-0.39, 0.29) is 0 Å². The molecular formula is C12H15BrN4. The smallest absolute Gasteiger partial charge is 0.148 e. The maximum absolute atomic E-state index is 5.58. The summed E-state index contributed by atoms with van der Waals surface area (Å²) in [6.07, 6.45) is 0.729. The van der Waals surface area contributed by atoms with Crippen molar-refractivity contribution in [3.63, 3.8) is 0 Å². The Balaban J connectivity index is 2.47. The first kappa shape index (κ1) is 12.3. The van der Waals surface area contributed by atoms with Crippen LogP contribution < -0.4 is 5.73 Å². The van der Waals surface area contributed by atoms with Crippen LogP contribution in [-0.4, -0.2) is 21.3 Å². The Kier molecular flexibility index (Phi) is 3.59. The number of rotatable bonds is 3. The molecule has 0 atom stereocenters. The van der Waals surface area contributed by atoms with E-state index in [1.54, 1.807) is 0 Å². The predicted octanol–water partition coefficient (Wildman–Crippen LogP) is 2.15. The highest BCUT2D eigenvalue weighted by molar-refractivity contribution is 9.10. The monoisotopic (exact) mass is 294 g/mol. The largest absolute Gasteiger partial charge is 0.330 e. The van der Waals surface area contributed by atoms with E-state index in [1.165, 1.54) is 5.56 Å². The highest BCUT2D eigenvalue weighted by Gasteiger charge is 2.09. The second-order valence-corrected chi connectivity index (χ2v) is 4.81. The van der Waals surface area contributed by atoms with Crippen molar-refractivity contribution in [2.24, 2.45) is 5.73 Å². The van der Waals surface area contributed by atoms with Gasteiger partial charge in [-0.3, -0.25) is 0 Å². The molecule has 0 saturated heterocycles. The fraction of sp³-hybridized carbons (Fsp3) is 0.333. The zero-order valence-electron chi connectivity index (χ0n) is 9.94. The van der Waals surface area contributed by atoms with E-state index < -0.39 is 0 Å². The SMILES string of the molecule is Cc1nc(CCN)n(-c2ccc(C)c(Br)c2)n1. The molecule has 1 aromatic heterocycles. The van der Waals surface area contributed by atoms with Gasteiger partial charge in [0.25, 0.3) is 0 Å². The normalized spacial score (nSPS) is 10.8. The van der Waals surface area contributed by atoms with Gasteiger partial charge in [-0.05, 0) is 38.1 Å². The van der Waals surface area contributed by atoms with Crippen LogP contribution in [0.2, 0.25) is 0 Å². The van der Waals surface area contributed by atoms with Crippen molar-refractivity contribution in [3.8, 4) is 5.69 Å². The van der Waals surface area contributed by atoms with Crippen LogP contribution in [0.3, 0.4) is 0 Å². The van der Waals surface area contributed by atoms with Crippen LogP contribution >= 0.6 is 15.9 Å². The number of aromatic nitrogens is 3. The minimum atomic E-state index is 0.575. The summed E-state index contributed by atoms with van der Waals surface area (Å²) >= 11 is 3.53. The van der Waals surface area contributed by atoms with Crippen LogP contribution in [0.25, 0.3) is 5.69 Å². The molecule has 0 aliphatic rings. The molecule has 0 radical (unpaired) electrons. The molecule has 0 aliphatic heterocycles. The number of halogens is 1. The van der Waals surface area contributed by atoms with Crippen LogP contribution in [0.5, 0.6) is 0 Å². The van der Waals surface area contributed by atoms with Gasteiger partial charge in [-0.25, -0.2) is 9.67 Å². The van der Waals surface area contributed by atoms with Gasteiger partial charge in [0.1, 0.15) is 11.6 Å². The maximum atomic E-state index is 5.58. The van der Waals surface area contributed by atoms with Gasteiger partial charge in [0, 0.05) is 10.9 Å². The van der Waals surface area contributed by atoms with Crippen molar-refractivity contribution in [1.82, 2.24) is 14.8 Å². The first-order chi connectivity index (χ1) is 8.11. The molecule has 90 valence electrons. The third kappa shape index (κ3) is 2.56. The van der Waals surface area contributed by atoms with Crippen LogP contribution in [0, 0.1) is 13.8 Å². The lowest BCUT2D eigenvalue weighted by Gasteiger charge is -2.06. The second kappa shape index (κ2) is 4.98. The van der Waals surface area contributed by atoms with Gasteiger partial charge in [0.15, 0.2) is 0 Å². The summed E-state index contributed by atoms with van der Waals surface area (Å²) in [5, 5.41) is 4.40. The molecule has 0 fully saturated rings. The lowest BCUT2D eigenvalue weighted by Crippen LogP contribution is -2.09. The molecule has 1 heterocycles. The topological polar surface area (TPSA) is 56.7 Å². The lowest BCUT2D eigenvalue weighted by atomic mass is 10.2. The molecule has 5 heteroatoms. The van der Waals surface area contributed by atoms with E-state index in [9.17, 15) is 0 Å². The average Bonchev–Trinajstić information content (AvgIpc) is 2.64. The zero-order valence-corrected chi connectivity index (χ0v) is 11.5. The Labute approximate surface area is 109 Å². The third-order valence-electron chi connectivity index (χ3n) is 2.55. The summed E-state index contributed by atoms with van der Waals surface area (Å²) in [7, 11) is 0. The Bertz CT molecular complexity index is 533. The van der Waals surface area contributed by atoms with E-state index in [2.05, 4.69) is 39.0 Å². The lowest BCUT2D eigenvalue weighted by molar-refractivity contribution is 0.773. The molecule has 4 nitrogen and oxygen atoms in total. The Hall–Kier alpha value is -1.20. The predicted molar refractivity (Wildman–Crippen MR) is 71.3 cm³/mol. The van der Waals surface area contributed by atoms with Crippen molar-refractivity contribution < 1.29 is 0 Å². The van der Waals surface area contributed by atoms with Crippen molar-refractivity contribution in [2.45, 2.75) is 20.3 Å². The minimum Gasteiger partial charge on any atom is -0.330 e. The minimum absolute atomic E-state index is 0.575. The van der Waals surface area contributed by atoms with E-state index in [4.69, 9.17) is 5.73 Å². The van der Waals surface area contributed by atoms with Gasteiger partial charge >= 0.3 is 0 Å². The summed E-state index contributed by atoms with van der Waals surface area (Å²) in [5.41, 5.74) is 7.79. The van der Waals surface area contributed by atoms with Crippen molar-refractivity contribution in [3.05, 3.63) is 39.9 Å². The highest BCUT2D eigenvalue weighted by atomic mass is 79.9. The molecule has 0 aliphatic carbocycles. The Morgan fingerprint density at radius 2 is 2.12 bits per heavy atom. The zero-order chi connectivity index (χ0) is 12.4. The summed E-state index contributed by atoms with van der Waals surface area (Å²) in [4.78, 5) is 4.39. The number of hydrogen-bond acceptors (Lipinski definition) is 3. The molecule has 1 aromatic carbocycles. The Morgan fingerprint density at radius 1 is 1.35 bits per heavy atom. The molecule has 0 amide bonds. The highest BCUT2D eigenvalue weighted by Crippen LogP contribution is 2.20. The van der Waals surface area contributed by atoms with E-state index in [1.807, 2.05) is 23.7 Å².